The third kappa shape index (κ3) is 2.12. The molecule has 2 heteroatoms. The van der Waals surface area contributed by atoms with Crippen molar-refractivity contribution in [2.24, 2.45) is 40.4 Å². The first-order chi connectivity index (χ1) is 10.9. The lowest BCUT2D eigenvalue weighted by molar-refractivity contribution is -0.164. The minimum absolute atomic E-state index is 0.119. The van der Waals surface area contributed by atoms with Crippen LogP contribution in [0.1, 0.15) is 78.6 Å². The average molecular weight is 319 g/mol. The molecule has 130 valence electrons. The molecule has 0 aromatic heterocycles. The molecule has 0 unspecified atom stereocenters. The first kappa shape index (κ1) is 16.1. The Morgan fingerprint density at radius 1 is 0.957 bits per heavy atom. The molecule has 0 spiro atoms. The Bertz CT molecular complexity index is 500. The molecule has 4 aliphatic carbocycles. The number of fused-ring (bicyclic) bond motifs is 5. The fraction of sp³-hybridized carbons (Fsp3) is 0.952. The summed E-state index contributed by atoms with van der Waals surface area (Å²) in [5.41, 5.74) is 0.615. The maximum Gasteiger partial charge on any atom is 0.133 e. The van der Waals surface area contributed by atoms with Crippen LogP contribution in [0.25, 0.3) is 0 Å². The van der Waals surface area contributed by atoms with E-state index in [1.807, 2.05) is 0 Å². The highest BCUT2D eigenvalue weighted by atomic mass is 16.3. The molecule has 4 rings (SSSR count). The van der Waals surface area contributed by atoms with Crippen LogP contribution < -0.4 is 0 Å². The topological polar surface area (TPSA) is 37.3 Å². The van der Waals surface area contributed by atoms with Gasteiger partial charge in [-0.3, -0.25) is 4.79 Å². The zero-order chi connectivity index (χ0) is 16.4. The molecule has 23 heavy (non-hydrogen) atoms. The Balaban J connectivity index is 1.68. The highest BCUT2D eigenvalue weighted by molar-refractivity contribution is 5.79. The molecule has 0 bridgehead atoms. The number of ketones is 1. The Morgan fingerprint density at radius 3 is 2.43 bits per heavy atom. The first-order valence-corrected chi connectivity index (χ1v) is 10.1. The van der Waals surface area contributed by atoms with Gasteiger partial charge >= 0.3 is 0 Å². The van der Waals surface area contributed by atoms with Crippen LogP contribution in [-0.2, 0) is 4.79 Å². The maximum atomic E-state index is 12.2. The molecule has 0 aliphatic heterocycles. The molecular formula is C21H34O2. The van der Waals surface area contributed by atoms with E-state index in [4.69, 9.17) is 0 Å². The molecule has 0 aromatic rings. The van der Waals surface area contributed by atoms with Crippen molar-refractivity contribution in [1.29, 1.82) is 0 Å². The number of rotatable bonds is 1. The molecule has 8 atom stereocenters. The molecule has 0 amide bonds. The fourth-order valence-corrected chi connectivity index (χ4v) is 7.92. The molecule has 1 N–H and O–H groups in total. The number of aliphatic hydroxyl groups is 1. The summed E-state index contributed by atoms with van der Waals surface area (Å²) in [7, 11) is 0. The predicted octanol–water partition coefficient (Wildman–Crippen LogP) is 4.60. The molecule has 2 nitrogen and oxygen atoms in total. The lowest BCUT2D eigenvalue weighted by Gasteiger charge is -2.61. The number of Topliss-reactive ketones (excluding diaryl/α,β-unsaturated/α-hetero) is 1. The highest BCUT2D eigenvalue weighted by Gasteiger charge is 2.62. The van der Waals surface area contributed by atoms with E-state index in [0.29, 0.717) is 29.0 Å². The highest BCUT2D eigenvalue weighted by Crippen LogP contribution is 2.67. The van der Waals surface area contributed by atoms with Crippen LogP contribution in [0.3, 0.4) is 0 Å². The van der Waals surface area contributed by atoms with Gasteiger partial charge in [0.05, 0.1) is 6.10 Å². The summed E-state index contributed by atoms with van der Waals surface area (Å²) in [6.45, 7) is 6.70. The molecule has 0 aromatic carbocycles. The van der Waals surface area contributed by atoms with Crippen molar-refractivity contribution in [3.8, 4) is 0 Å². The van der Waals surface area contributed by atoms with Crippen LogP contribution in [0.15, 0.2) is 0 Å². The summed E-state index contributed by atoms with van der Waals surface area (Å²) in [6, 6.07) is 0. The third-order valence-corrected chi connectivity index (χ3v) is 9.09. The Kier molecular flexibility index (Phi) is 3.72. The molecule has 4 fully saturated rings. The van der Waals surface area contributed by atoms with Crippen LogP contribution in [0.2, 0.25) is 0 Å². The Hall–Kier alpha value is -0.370. The van der Waals surface area contributed by atoms with Crippen molar-refractivity contribution in [1.82, 2.24) is 0 Å². The van der Waals surface area contributed by atoms with E-state index in [1.165, 1.54) is 44.9 Å². The standard InChI is InChI=1S/C21H34O2/c1-13(22)15-7-8-16-19-17(9-11-21(15,16)3)20(2)10-5-4-6-14(20)12-18(19)23/h14-19,23H,4-12H2,1-3H3/t14-,15+,16-,17+,18-,19-,20+,21+/m1/s1. The van der Waals surface area contributed by atoms with Gasteiger partial charge in [0, 0.05) is 5.92 Å². The van der Waals surface area contributed by atoms with Gasteiger partial charge in [-0.2, -0.15) is 0 Å². The summed E-state index contributed by atoms with van der Waals surface area (Å²) in [5.74, 6) is 3.10. The van der Waals surface area contributed by atoms with Crippen molar-refractivity contribution < 1.29 is 9.90 Å². The largest absolute Gasteiger partial charge is 0.393 e. The molecule has 0 saturated heterocycles. The van der Waals surface area contributed by atoms with Gasteiger partial charge in [0.25, 0.3) is 0 Å². The Labute approximate surface area is 141 Å². The van der Waals surface area contributed by atoms with Crippen molar-refractivity contribution in [2.75, 3.05) is 0 Å². The lowest BCUT2D eigenvalue weighted by atomic mass is 9.44. The normalized spacial score (nSPS) is 55.7. The van der Waals surface area contributed by atoms with Gasteiger partial charge < -0.3 is 5.11 Å². The van der Waals surface area contributed by atoms with Crippen molar-refractivity contribution in [3.05, 3.63) is 0 Å². The van der Waals surface area contributed by atoms with E-state index >= 15 is 0 Å². The summed E-state index contributed by atoms with van der Waals surface area (Å²) < 4.78 is 0. The second-order valence-electron chi connectivity index (χ2n) is 9.83. The summed E-state index contributed by atoms with van der Waals surface area (Å²) >= 11 is 0. The van der Waals surface area contributed by atoms with Gasteiger partial charge in [-0.1, -0.05) is 26.7 Å². The quantitative estimate of drug-likeness (QED) is 0.767. The van der Waals surface area contributed by atoms with Gasteiger partial charge in [-0.25, -0.2) is 0 Å². The molecule has 4 aliphatic rings. The van der Waals surface area contributed by atoms with Crippen LogP contribution in [0.4, 0.5) is 0 Å². The molecule has 0 radical (unpaired) electrons. The summed E-state index contributed by atoms with van der Waals surface area (Å²) in [5, 5.41) is 11.1. The van der Waals surface area contributed by atoms with Crippen molar-refractivity contribution in [3.63, 3.8) is 0 Å². The molecule has 4 saturated carbocycles. The first-order valence-electron chi connectivity index (χ1n) is 10.1. The Morgan fingerprint density at radius 2 is 1.70 bits per heavy atom. The average Bonchev–Trinajstić information content (AvgIpc) is 2.85. The SMILES string of the molecule is CC(=O)[C@@H]1CC[C@@H]2[C@H]3[C@H](O)C[C@H]4CCCC[C@]4(C)[C@H]3CC[C@]21C. The number of carbonyl (C=O) groups is 1. The minimum Gasteiger partial charge on any atom is -0.393 e. The zero-order valence-corrected chi connectivity index (χ0v) is 15.2. The second kappa shape index (κ2) is 5.31. The van der Waals surface area contributed by atoms with Crippen LogP contribution in [0.5, 0.6) is 0 Å². The summed E-state index contributed by atoms with van der Waals surface area (Å²) in [6.07, 6.45) is 11.0. The third-order valence-electron chi connectivity index (χ3n) is 9.09. The minimum atomic E-state index is -0.119. The van der Waals surface area contributed by atoms with Crippen molar-refractivity contribution in [2.45, 2.75) is 84.7 Å². The summed E-state index contributed by atoms with van der Waals surface area (Å²) in [4.78, 5) is 12.2. The van der Waals surface area contributed by atoms with Gasteiger partial charge in [0.15, 0.2) is 0 Å². The van der Waals surface area contributed by atoms with Crippen LogP contribution in [0, 0.1) is 40.4 Å². The predicted molar refractivity (Wildman–Crippen MR) is 91.9 cm³/mol. The van der Waals surface area contributed by atoms with Gasteiger partial charge in [-0.05, 0) is 86.4 Å². The van der Waals surface area contributed by atoms with E-state index in [0.717, 1.165) is 18.8 Å². The van der Waals surface area contributed by atoms with E-state index < -0.39 is 0 Å². The zero-order valence-electron chi connectivity index (χ0n) is 15.2. The monoisotopic (exact) mass is 318 g/mol. The number of carbonyl (C=O) groups excluding carboxylic acids is 1. The van der Waals surface area contributed by atoms with Crippen molar-refractivity contribution >= 4 is 5.78 Å². The van der Waals surface area contributed by atoms with Crippen LogP contribution >= 0.6 is 0 Å². The fourth-order valence-electron chi connectivity index (χ4n) is 7.92. The smallest absolute Gasteiger partial charge is 0.133 e. The second-order valence-corrected chi connectivity index (χ2v) is 9.83. The van der Waals surface area contributed by atoms with Gasteiger partial charge in [0.1, 0.15) is 5.78 Å². The molecule has 0 heterocycles. The van der Waals surface area contributed by atoms with E-state index in [-0.39, 0.29) is 17.4 Å². The van der Waals surface area contributed by atoms with E-state index in [9.17, 15) is 9.90 Å². The molecular weight excluding hydrogens is 284 g/mol. The number of aliphatic hydroxyl groups excluding tert-OH is 1. The maximum absolute atomic E-state index is 12.2. The number of hydrogen-bond donors (Lipinski definition) is 1. The van der Waals surface area contributed by atoms with Gasteiger partial charge in [0.2, 0.25) is 0 Å². The van der Waals surface area contributed by atoms with Crippen LogP contribution in [-0.4, -0.2) is 17.0 Å². The van der Waals surface area contributed by atoms with E-state index in [1.54, 1.807) is 6.92 Å². The number of hydrogen-bond acceptors (Lipinski definition) is 2. The lowest BCUT2D eigenvalue weighted by Crippen LogP contribution is -2.57. The van der Waals surface area contributed by atoms with Gasteiger partial charge in [-0.15, -0.1) is 0 Å². The van der Waals surface area contributed by atoms with E-state index in [2.05, 4.69) is 13.8 Å².